The van der Waals surface area contributed by atoms with E-state index in [0.717, 1.165) is 50.9 Å². The highest BCUT2D eigenvalue weighted by Gasteiger charge is 2.40. The fourth-order valence-electron chi connectivity index (χ4n) is 5.43. The van der Waals surface area contributed by atoms with E-state index in [4.69, 9.17) is 10.2 Å². The summed E-state index contributed by atoms with van der Waals surface area (Å²) in [6.07, 6.45) is 0.945. The maximum absolute atomic E-state index is 7.21. The van der Waals surface area contributed by atoms with Crippen molar-refractivity contribution in [3.63, 3.8) is 0 Å². The van der Waals surface area contributed by atoms with Crippen LogP contribution in [0.15, 0.2) is 97.1 Å². The maximum atomic E-state index is 7.21. The lowest BCUT2D eigenvalue weighted by atomic mass is 9.87. The Kier molecular flexibility index (Phi) is 5.73. The zero-order valence-electron chi connectivity index (χ0n) is 22.9. The van der Waals surface area contributed by atoms with E-state index in [1.54, 1.807) is 0 Å². The minimum atomic E-state index is -2.17. The largest absolute Gasteiger partial charge is 0.543 e. The summed E-state index contributed by atoms with van der Waals surface area (Å²) < 4.78 is 7.21. The van der Waals surface area contributed by atoms with E-state index >= 15 is 0 Å². The Labute approximate surface area is 227 Å². The van der Waals surface area contributed by atoms with Crippen molar-refractivity contribution in [3.05, 3.63) is 108 Å². The molecule has 0 aliphatic heterocycles. The first-order valence-electron chi connectivity index (χ1n) is 13.5. The van der Waals surface area contributed by atoms with Gasteiger partial charge in [-0.3, -0.25) is 0 Å². The second-order valence-electron chi connectivity index (χ2n) is 12.0. The molecule has 2 N–H and O–H groups in total. The predicted molar refractivity (Wildman–Crippen MR) is 165 cm³/mol. The molecule has 5 aromatic rings. The number of nitrogen functional groups attached to an aromatic ring is 1. The van der Waals surface area contributed by atoms with Crippen molar-refractivity contribution in [2.75, 3.05) is 5.73 Å². The van der Waals surface area contributed by atoms with Gasteiger partial charge in [-0.2, -0.15) is 0 Å². The van der Waals surface area contributed by atoms with Crippen molar-refractivity contribution in [2.24, 2.45) is 0 Å². The van der Waals surface area contributed by atoms with E-state index in [-0.39, 0.29) is 5.04 Å². The molecule has 0 saturated heterocycles. The van der Waals surface area contributed by atoms with Crippen molar-refractivity contribution in [3.8, 4) is 39.1 Å². The third-order valence-corrected chi connectivity index (χ3v) is 12.8. The van der Waals surface area contributed by atoms with Gasteiger partial charge in [0, 0.05) is 27.6 Å². The molecule has 2 nitrogen and oxygen atoms in total. The standard InChI is InChI=1S/C35H35NOSi/c1-35(2,3)38(4,5)37-34-30-18-12-11-17-29(30)33(36)31(32(34)23-13-7-6-8-14-23)25-19-20-28-26(22-25)21-24-15-9-10-16-27(24)28/h6-20,22H,21,36H2,1-5H3. The van der Waals surface area contributed by atoms with E-state index in [0.29, 0.717) is 0 Å². The van der Waals surface area contributed by atoms with E-state index in [1.165, 1.54) is 22.3 Å². The Morgan fingerprint density at radius 2 is 1.29 bits per heavy atom. The lowest BCUT2D eigenvalue weighted by molar-refractivity contribution is 0.498. The highest BCUT2D eigenvalue weighted by molar-refractivity contribution is 6.75. The zero-order chi connectivity index (χ0) is 26.7. The molecule has 0 radical (unpaired) electrons. The van der Waals surface area contributed by atoms with E-state index < -0.39 is 8.32 Å². The molecule has 190 valence electrons. The van der Waals surface area contributed by atoms with Crippen LogP contribution in [0.3, 0.4) is 0 Å². The fraction of sp³-hybridized carbons (Fsp3) is 0.200. The molecule has 0 bridgehead atoms. The van der Waals surface area contributed by atoms with Crippen LogP contribution in [-0.2, 0) is 6.42 Å². The number of anilines is 1. The summed E-state index contributed by atoms with van der Waals surface area (Å²) in [5.74, 6) is 0.950. The topological polar surface area (TPSA) is 35.2 Å². The molecule has 0 amide bonds. The second kappa shape index (κ2) is 8.89. The summed E-state index contributed by atoms with van der Waals surface area (Å²) >= 11 is 0. The summed E-state index contributed by atoms with van der Waals surface area (Å²) in [4.78, 5) is 0. The molecular formula is C35H35NOSi. The molecule has 0 spiro atoms. The highest BCUT2D eigenvalue weighted by Crippen LogP contribution is 2.51. The molecule has 6 rings (SSSR count). The van der Waals surface area contributed by atoms with Crippen LogP contribution in [-0.4, -0.2) is 8.32 Å². The Morgan fingerprint density at radius 3 is 2.03 bits per heavy atom. The van der Waals surface area contributed by atoms with Crippen molar-refractivity contribution < 1.29 is 4.43 Å². The van der Waals surface area contributed by atoms with Crippen molar-refractivity contribution >= 4 is 24.8 Å². The molecule has 0 saturated carbocycles. The zero-order valence-corrected chi connectivity index (χ0v) is 23.9. The predicted octanol–water partition coefficient (Wildman–Crippen LogP) is 9.71. The van der Waals surface area contributed by atoms with E-state index in [9.17, 15) is 0 Å². The third-order valence-electron chi connectivity index (χ3n) is 8.52. The molecule has 0 unspecified atom stereocenters. The molecule has 5 aromatic carbocycles. The molecular weight excluding hydrogens is 478 g/mol. The highest BCUT2D eigenvalue weighted by atomic mass is 28.4. The van der Waals surface area contributed by atoms with Gasteiger partial charge in [0.2, 0.25) is 0 Å². The summed E-state index contributed by atoms with van der Waals surface area (Å²) in [6, 6.07) is 34.6. The normalized spacial score (nSPS) is 12.9. The first kappa shape index (κ1) is 24.5. The minimum absolute atomic E-state index is 0.0585. The van der Waals surface area contributed by atoms with Crippen LogP contribution in [0, 0.1) is 0 Å². The molecule has 0 atom stereocenters. The Balaban J connectivity index is 1.67. The van der Waals surface area contributed by atoms with Crippen LogP contribution in [0.2, 0.25) is 18.1 Å². The van der Waals surface area contributed by atoms with Gasteiger partial charge in [0.1, 0.15) is 5.75 Å². The monoisotopic (exact) mass is 513 g/mol. The van der Waals surface area contributed by atoms with Crippen LogP contribution in [0.5, 0.6) is 5.75 Å². The van der Waals surface area contributed by atoms with Crippen LogP contribution < -0.4 is 10.2 Å². The van der Waals surface area contributed by atoms with Crippen LogP contribution in [0.1, 0.15) is 31.9 Å². The lowest BCUT2D eigenvalue weighted by Gasteiger charge is -2.38. The first-order valence-corrected chi connectivity index (χ1v) is 16.4. The molecule has 3 heteroatoms. The quantitative estimate of drug-likeness (QED) is 0.188. The third kappa shape index (κ3) is 3.93. The van der Waals surface area contributed by atoms with Crippen LogP contribution >= 0.6 is 0 Å². The molecule has 38 heavy (non-hydrogen) atoms. The smallest absolute Gasteiger partial charge is 0.250 e. The molecule has 0 aromatic heterocycles. The van der Waals surface area contributed by atoms with Crippen LogP contribution in [0.4, 0.5) is 5.69 Å². The van der Waals surface area contributed by atoms with Gasteiger partial charge in [-0.05, 0) is 57.9 Å². The first-order chi connectivity index (χ1) is 18.2. The number of hydrogen-bond acceptors (Lipinski definition) is 2. The van der Waals surface area contributed by atoms with Crippen molar-refractivity contribution in [2.45, 2.75) is 45.3 Å². The van der Waals surface area contributed by atoms with Crippen molar-refractivity contribution in [1.82, 2.24) is 0 Å². The summed E-state index contributed by atoms with van der Waals surface area (Å²) in [6.45, 7) is 11.5. The SMILES string of the molecule is CC(C)(C)[Si](C)(C)Oc1c(-c2ccccc2)c(-c2ccc3c(c2)Cc2ccccc2-3)c(N)c2ccccc12. The number of hydrogen-bond donors (Lipinski definition) is 1. The molecule has 1 aliphatic rings. The average Bonchev–Trinajstić information content (AvgIpc) is 3.27. The summed E-state index contributed by atoms with van der Waals surface area (Å²) in [5.41, 5.74) is 17.7. The summed E-state index contributed by atoms with van der Waals surface area (Å²) in [7, 11) is -2.17. The lowest BCUT2D eigenvalue weighted by Crippen LogP contribution is -2.44. The van der Waals surface area contributed by atoms with Crippen LogP contribution in [0.25, 0.3) is 44.2 Å². The molecule has 0 heterocycles. The van der Waals surface area contributed by atoms with Gasteiger partial charge in [0.15, 0.2) is 0 Å². The second-order valence-corrected chi connectivity index (χ2v) is 16.7. The Morgan fingerprint density at radius 1 is 0.658 bits per heavy atom. The molecule has 1 aliphatic carbocycles. The number of fused-ring (bicyclic) bond motifs is 4. The van der Waals surface area contributed by atoms with Gasteiger partial charge in [-0.15, -0.1) is 0 Å². The van der Waals surface area contributed by atoms with E-state index in [2.05, 4.69) is 131 Å². The van der Waals surface area contributed by atoms with Gasteiger partial charge < -0.3 is 10.2 Å². The van der Waals surface area contributed by atoms with Gasteiger partial charge >= 0.3 is 0 Å². The minimum Gasteiger partial charge on any atom is -0.543 e. The van der Waals surface area contributed by atoms with Gasteiger partial charge in [-0.25, -0.2) is 0 Å². The Hall–Kier alpha value is -3.82. The van der Waals surface area contributed by atoms with Gasteiger partial charge in [0.05, 0.1) is 0 Å². The number of benzene rings is 5. The fourth-order valence-corrected chi connectivity index (χ4v) is 6.46. The van der Waals surface area contributed by atoms with Crippen molar-refractivity contribution in [1.29, 1.82) is 0 Å². The molecule has 0 fully saturated rings. The Bertz CT molecular complexity index is 1680. The number of nitrogens with two attached hydrogens (primary N) is 1. The average molecular weight is 514 g/mol. The number of rotatable bonds is 4. The maximum Gasteiger partial charge on any atom is 0.250 e. The summed E-state index contributed by atoms with van der Waals surface area (Å²) in [5, 5.41) is 2.17. The van der Waals surface area contributed by atoms with Gasteiger partial charge in [-0.1, -0.05) is 118 Å². The van der Waals surface area contributed by atoms with E-state index in [1.807, 2.05) is 0 Å². The van der Waals surface area contributed by atoms with Gasteiger partial charge in [0.25, 0.3) is 8.32 Å².